The molecule has 6 rings (SSSR count). The summed E-state index contributed by atoms with van der Waals surface area (Å²) in [5.74, 6) is -1.21. The number of ether oxygens (including phenoxy) is 1. The van der Waals surface area contributed by atoms with E-state index in [1.807, 2.05) is 47.2 Å². The molecule has 0 amide bonds. The molecule has 0 unspecified atom stereocenters. The van der Waals surface area contributed by atoms with Crippen LogP contribution in [0.3, 0.4) is 0 Å². The maximum Gasteiger partial charge on any atom is 0.434 e. The van der Waals surface area contributed by atoms with Gasteiger partial charge in [-0.3, -0.25) is 9.36 Å². The minimum absolute atomic E-state index is 0.156. The number of thiazole rings is 1. The number of esters is 1. The molecule has 1 aliphatic rings. The van der Waals surface area contributed by atoms with Gasteiger partial charge in [0, 0.05) is 39.3 Å². The molecule has 1 atom stereocenters. The molecule has 0 saturated heterocycles. The molecule has 3 aromatic carbocycles. The average Bonchev–Trinajstić information content (AvgIpc) is 3.50. The van der Waals surface area contributed by atoms with Crippen molar-refractivity contribution in [2.75, 3.05) is 6.61 Å². The van der Waals surface area contributed by atoms with Crippen molar-refractivity contribution in [1.29, 1.82) is 0 Å². The molecule has 0 aliphatic carbocycles. The van der Waals surface area contributed by atoms with E-state index in [0.29, 0.717) is 22.2 Å². The van der Waals surface area contributed by atoms with Crippen LogP contribution in [-0.4, -0.2) is 27.9 Å². The first kappa shape index (κ1) is 29.9. The van der Waals surface area contributed by atoms with Gasteiger partial charge in [0.1, 0.15) is 0 Å². The van der Waals surface area contributed by atoms with Gasteiger partial charge < -0.3 is 9.30 Å². The second-order valence-corrected chi connectivity index (χ2v) is 11.9. The fourth-order valence-electron chi connectivity index (χ4n) is 5.25. The quantitative estimate of drug-likeness (QED) is 0.192. The van der Waals surface area contributed by atoms with Crippen LogP contribution in [0.1, 0.15) is 29.7 Å². The van der Waals surface area contributed by atoms with Gasteiger partial charge in [-0.25, -0.2) is 9.79 Å². The van der Waals surface area contributed by atoms with Gasteiger partial charge in [0.15, 0.2) is 10.5 Å². The lowest BCUT2D eigenvalue weighted by atomic mass is 9.95. The number of fused-ring (bicyclic) bond motifs is 2. The standard InChI is InChI=1S/C32H22Cl2F3N3O3S/c1-2-43-30(42)26-27(19-9-13-22(34)14-10-19)40-29(41)25(44-31(40)38-28(26)32(35,36)37)15-20-17-39(24-6-4-3-5-23(20)24)16-18-7-11-21(33)12-8-18/h3-15,17,27H,2,16H2,1H3/b25-15-/t27-/m1/s1. The second-order valence-electron chi connectivity index (χ2n) is 9.97. The van der Waals surface area contributed by atoms with E-state index in [0.717, 1.165) is 32.4 Å². The normalized spacial score (nSPS) is 15.4. The van der Waals surface area contributed by atoms with Gasteiger partial charge in [-0.15, -0.1) is 0 Å². The lowest BCUT2D eigenvalue weighted by molar-refractivity contribution is -0.140. The molecular formula is C32H22Cl2F3N3O3S. The van der Waals surface area contributed by atoms with Gasteiger partial charge in [0.2, 0.25) is 0 Å². The van der Waals surface area contributed by atoms with Crippen LogP contribution >= 0.6 is 34.5 Å². The van der Waals surface area contributed by atoms with Crippen LogP contribution in [0.2, 0.25) is 10.0 Å². The summed E-state index contributed by atoms with van der Waals surface area (Å²) in [6.07, 6.45) is -1.46. The highest BCUT2D eigenvalue weighted by molar-refractivity contribution is 7.07. The number of para-hydroxylation sites is 1. The number of carbonyl (C=O) groups is 1. The Labute approximate surface area is 262 Å². The molecule has 3 heterocycles. The van der Waals surface area contributed by atoms with Gasteiger partial charge >= 0.3 is 12.1 Å². The Bertz CT molecular complexity index is 2110. The topological polar surface area (TPSA) is 65.6 Å². The third-order valence-corrected chi connectivity index (χ3v) is 8.64. The maximum absolute atomic E-state index is 14.4. The molecule has 0 N–H and O–H groups in total. The Balaban J connectivity index is 1.56. The minimum Gasteiger partial charge on any atom is -0.463 e. The summed E-state index contributed by atoms with van der Waals surface area (Å²) in [6.45, 7) is 1.86. The summed E-state index contributed by atoms with van der Waals surface area (Å²) in [6, 6.07) is 19.6. The Kier molecular flexibility index (Phi) is 8.00. The zero-order chi connectivity index (χ0) is 31.2. The van der Waals surface area contributed by atoms with E-state index in [4.69, 9.17) is 27.9 Å². The predicted octanol–water partition coefficient (Wildman–Crippen LogP) is 6.65. The van der Waals surface area contributed by atoms with Crippen LogP contribution < -0.4 is 14.9 Å². The van der Waals surface area contributed by atoms with Crippen molar-refractivity contribution < 1.29 is 22.7 Å². The van der Waals surface area contributed by atoms with Crippen LogP contribution in [0.15, 0.2) is 100 Å². The molecular weight excluding hydrogens is 634 g/mol. The van der Waals surface area contributed by atoms with Crippen LogP contribution in [0.5, 0.6) is 0 Å². The first-order valence-electron chi connectivity index (χ1n) is 13.4. The van der Waals surface area contributed by atoms with Crippen LogP contribution in [0.25, 0.3) is 17.0 Å². The van der Waals surface area contributed by atoms with Crippen LogP contribution in [0.4, 0.5) is 13.2 Å². The summed E-state index contributed by atoms with van der Waals surface area (Å²) >= 11 is 12.9. The van der Waals surface area contributed by atoms with Crippen molar-refractivity contribution in [2.24, 2.45) is 4.99 Å². The first-order chi connectivity index (χ1) is 21.0. The summed E-state index contributed by atoms with van der Waals surface area (Å²) in [5.41, 5.74) is 0.110. The predicted molar refractivity (Wildman–Crippen MR) is 165 cm³/mol. The highest BCUT2D eigenvalue weighted by atomic mass is 35.5. The molecule has 0 saturated carbocycles. The van der Waals surface area contributed by atoms with Crippen molar-refractivity contribution >= 4 is 57.5 Å². The third-order valence-electron chi connectivity index (χ3n) is 7.15. The molecule has 0 spiro atoms. The van der Waals surface area contributed by atoms with Gasteiger partial charge in [-0.2, -0.15) is 13.2 Å². The second kappa shape index (κ2) is 11.8. The summed E-state index contributed by atoms with van der Waals surface area (Å²) in [5, 5.41) is 1.82. The van der Waals surface area contributed by atoms with E-state index in [9.17, 15) is 22.8 Å². The number of allylic oxidation sites excluding steroid dienone is 1. The van der Waals surface area contributed by atoms with Crippen molar-refractivity contribution in [3.05, 3.63) is 137 Å². The Morgan fingerprint density at radius 1 is 1.02 bits per heavy atom. The molecule has 5 aromatic rings. The fourth-order valence-corrected chi connectivity index (χ4v) is 6.49. The number of aromatic nitrogens is 2. The molecule has 0 bridgehead atoms. The number of rotatable bonds is 6. The first-order valence-corrected chi connectivity index (χ1v) is 15.0. The van der Waals surface area contributed by atoms with E-state index in [1.54, 1.807) is 18.2 Å². The smallest absolute Gasteiger partial charge is 0.434 e. The lowest BCUT2D eigenvalue weighted by Crippen LogP contribution is -2.41. The zero-order valence-electron chi connectivity index (χ0n) is 22.9. The number of hydrogen-bond donors (Lipinski definition) is 0. The van der Waals surface area contributed by atoms with E-state index in [2.05, 4.69) is 4.99 Å². The largest absolute Gasteiger partial charge is 0.463 e. The molecule has 44 heavy (non-hydrogen) atoms. The van der Waals surface area contributed by atoms with E-state index in [-0.39, 0.29) is 21.5 Å². The Hall–Kier alpha value is -4.12. The van der Waals surface area contributed by atoms with Crippen molar-refractivity contribution in [1.82, 2.24) is 9.13 Å². The highest BCUT2D eigenvalue weighted by Gasteiger charge is 2.45. The number of alkyl halides is 3. The molecule has 6 nitrogen and oxygen atoms in total. The molecule has 12 heteroatoms. The highest BCUT2D eigenvalue weighted by Crippen LogP contribution is 2.38. The number of carbonyl (C=O) groups excluding carboxylic acids is 1. The van der Waals surface area contributed by atoms with Crippen LogP contribution in [-0.2, 0) is 16.1 Å². The average molecular weight is 657 g/mol. The summed E-state index contributed by atoms with van der Waals surface area (Å²) in [4.78, 5) is 30.7. The molecule has 1 aliphatic heterocycles. The van der Waals surface area contributed by atoms with Crippen molar-refractivity contribution in [2.45, 2.75) is 25.7 Å². The number of benzene rings is 3. The van der Waals surface area contributed by atoms with Gasteiger partial charge in [0.25, 0.3) is 5.56 Å². The van der Waals surface area contributed by atoms with E-state index in [1.165, 1.54) is 31.2 Å². The third kappa shape index (κ3) is 5.60. The summed E-state index contributed by atoms with van der Waals surface area (Å²) in [7, 11) is 0. The van der Waals surface area contributed by atoms with Crippen LogP contribution in [0, 0.1) is 0 Å². The molecule has 0 radical (unpaired) electrons. The van der Waals surface area contributed by atoms with Gasteiger partial charge in [-0.1, -0.05) is 77.0 Å². The number of halogens is 5. The monoisotopic (exact) mass is 655 g/mol. The number of nitrogens with zero attached hydrogens (tertiary/aromatic N) is 3. The van der Waals surface area contributed by atoms with E-state index >= 15 is 0 Å². The van der Waals surface area contributed by atoms with Gasteiger partial charge in [0.05, 0.1) is 22.8 Å². The summed E-state index contributed by atoms with van der Waals surface area (Å²) < 4.78 is 51.5. The van der Waals surface area contributed by atoms with Gasteiger partial charge in [-0.05, 0) is 54.5 Å². The van der Waals surface area contributed by atoms with Crippen molar-refractivity contribution in [3.8, 4) is 0 Å². The fraction of sp³-hybridized carbons (Fsp3) is 0.156. The van der Waals surface area contributed by atoms with E-state index < -0.39 is 35.0 Å². The Morgan fingerprint density at radius 3 is 2.34 bits per heavy atom. The molecule has 0 fully saturated rings. The zero-order valence-corrected chi connectivity index (χ0v) is 25.3. The lowest BCUT2D eigenvalue weighted by Gasteiger charge is -2.26. The maximum atomic E-state index is 14.4. The van der Waals surface area contributed by atoms with Crippen molar-refractivity contribution in [3.63, 3.8) is 0 Å². The molecule has 224 valence electrons. The molecule has 2 aromatic heterocycles. The SMILES string of the molecule is CCOC(=O)C1=C(C(F)(F)F)N=c2s/c(=C\c3cn(Cc4ccc(Cl)cc4)c4ccccc34)c(=O)n2[C@@H]1c1ccc(Cl)cc1. The number of hydrogen-bond acceptors (Lipinski definition) is 5. The minimum atomic E-state index is -4.99. The Morgan fingerprint density at radius 2 is 1.68 bits per heavy atom.